The lowest BCUT2D eigenvalue weighted by molar-refractivity contribution is -0.147. The Morgan fingerprint density at radius 1 is 1.56 bits per heavy atom. The number of nitrogen functional groups attached to an aromatic ring is 1. The zero-order chi connectivity index (χ0) is 13.7. The first-order valence-corrected chi connectivity index (χ1v) is 5.45. The standard InChI is InChI=1S/C11H16N2O5/c1-2-18-9(15)4-8(14)10(16)6-3-7(12)11(17)13-5-6/h3,5,8,10,14,16H,2,4,12H2,1H3,(H,13,17). The van der Waals surface area contributed by atoms with Crippen LogP contribution in [0.2, 0.25) is 0 Å². The molecule has 1 aromatic rings. The van der Waals surface area contributed by atoms with E-state index in [9.17, 15) is 19.8 Å². The number of nitrogens with one attached hydrogen (secondary N) is 1. The third-order valence-corrected chi connectivity index (χ3v) is 2.34. The maximum Gasteiger partial charge on any atom is 0.308 e. The molecule has 0 spiro atoms. The predicted octanol–water partition coefficient (Wildman–Crippen LogP) is -0.695. The van der Waals surface area contributed by atoms with E-state index < -0.39 is 23.7 Å². The van der Waals surface area contributed by atoms with E-state index in [-0.39, 0.29) is 24.3 Å². The van der Waals surface area contributed by atoms with Gasteiger partial charge in [-0.1, -0.05) is 0 Å². The van der Waals surface area contributed by atoms with Gasteiger partial charge >= 0.3 is 5.97 Å². The van der Waals surface area contributed by atoms with Gasteiger partial charge in [0, 0.05) is 11.8 Å². The molecule has 7 nitrogen and oxygen atoms in total. The van der Waals surface area contributed by atoms with Gasteiger partial charge in [0.15, 0.2) is 0 Å². The number of rotatable bonds is 5. The molecule has 0 aliphatic rings. The second-order valence-electron chi connectivity index (χ2n) is 3.74. The molecule has 0 bridgehead atoms. The summed E-state index contributed by atoms with van der Waals surface area (Å²) in [5.74, 6) is -0.610. The van der Waals surface area contributed by atoms with Crippen LogP contribution in [0.5, 0.6) is 0 Å². The summed E-state index contributed by atoms with van der Waals surface area (Å²) in [5, 5.41) is 19.4. The molecule has 0 saturated heterocycles. The summed E-state index contributed by atoms with van der Waals surface area (Å²) < 4.78 is 4.65. The van der Waals surface area contributed by atoms with Gasteiger partial charge in [0.05, 0.1) is 24.8 Å². The number of nitrogens with two attached hydrogens (primary N) is 1. The van der Waals surface area contributed by atoms with Crippen molar-refractivity contribution < 1.29 is 19.7 Å². The van der Waals surface area contributed by atoms with Gasteiger partial charge in [0.2, 0.25) is 0 Å². The summed E-state index contributed by atoms with van der Waals surface area (Å²) in [5.41, 5.74) is 5.05. The summed E-state index contributed by atoms with van der Waals surface area (Å²) in [7, 11) is 0. The quantitative estimate of drug-likeness (QED) is 0.516. The van der Waals surface area contributed by atoms with Crippen LogP contribution in [0.25, 0.3) is 0 Å². The molecule has 1 rings (SSSR count). The Labute approximate surface area is 103 Å². The van der Waals surface area contributed by atoms with E-state index >= 15 is 0 Å². The van der Waals surface area contributed by atoms with Crippen molar-refractivity contribution in [3.8, 4) is 0 Å². The number of pyridine rings is 1. The van der Waals surface area contributed by atoms with Crippen LogP contribution in [0.1, 0.15) is 25.0 Å². The molecular formula is C11H16N2O5. The highest BCUT2D eigenvalue weighted by molar-refractivity contribution is 5.70. The van der Waals surface area contributed by atoms with Crippen molar-refractivity contribution in [2.45, 2.75) is 25.6 Å². The van der Waals surface area contributed by atoms with E-state index in [0.717, 1.165) is 0 Å². The molecule has 0 radical (unpaired) electrons. The van der Waals surface area contributed by atoms with E-state index in [2.05, 4.69) is 9.72 Å². The van der Waals surface area contributed by atoms with Gasteiger partial charge in [-0.15, -0.1) is 0 Å². The lowest BCUT2D eigenvalue weighted by Crippen LogP contribution is -2.24. The minimum atomic E-state index is -1.33. The third-order valence-electron chi connectivity index (χ3n) is 2.34. The fraction of sp³-hybridized carbons (Fsp3) is 0.455. The predicted molar refractivity (Wildman–Crippen MR) is 63.7 cm³/mol. The summed E-state index contributed by atoms with van der Waals surface area (Å²) in [4.78, 5) is 24.5. The van der Waals surface area contributed by atoms with Crippen molar-refractivity contribution in [2.24, 2.45) is 0 Å². The molecule has 0 aliphatic carbocycles. The third kappa shape index (κ3) is 3.57. The largest absolute Gasteiger partial charge is 0.466 e. The maximum atomic E-state index is 11.1. The van der Waals surface area contributed by atoms with Crippen LogP contribution in [-0.4, -0.2) is 33.9 Å². The molecule has 1 aromatic heterocycles. The van der Waals surface area contributed by atoms with Gasteiger partial charge in [0.25, 0.3) is 5.56 Å². The number of ether oxygens (including phenoxy) is 1. The lowest BCUT2D eigenvalue weighted by Gasteiger charge is -2.17. The number of aliphatic hydroxyl groups is 2. The number of aromatic amines is 1. The summed E-state index contributed by atoms with van der Waals surface area (Å²) in [6, 6.07) is 1.25. The summed E-state index contributed by atoms with van der Waals surface area (Å²) in [6.45, 7) is 1.84. The summed E-state index contributed by atoms with van der Waals surface area (Å²) >= 11 is 0. The Kier molecular flexibility index (Phi) is 4.87. The van der Waals surface area contributed by atoms with E-state index in [1.54, 1.807) is 6.92 Å². The number of hydrogen-bond acceptors (Lipinski definition) is 6. The Morgan fingerprint density at radius 3 is 2.78 bits per heavy atom. The number of aromatic nitrogens is 1. The smallest absolute Gasteiger partial charge is 0.308 e. The molecule has 0 amide bonds. The highest BCUT2D eigenvalue weighted by atomic mass is 16.5. The summed E-state index contributed by atoms with van der Waals surface area (Å²) in [6.07, 6.45) is -1.76. The van der Waals surface area contributed by atoms with Crippen molar-refractivity contribution in [3.05, 3.63) is 28.2 Å². The number of esters is 1. The minimum absolute atomic E-state index is 0.0742. The van der Waals surface area contributed by atoms with E-state index in [1.807, 2.05) is 0 Å². The Hall–Kier alpha value is -1.86. The van der Waals surface area contributed by atoms with Crippen LogP contribution >= 0.6 is 0 Å². The molecule has 2 atom stereocenters. The molecule has 0 aromatic carbocycles. The molecule has 2 unspecified atom stereocenters. The molecule has 0 fully saturated rings. The van der Waals surface area contributed by atoms with Crippen molar-refractivity contribution in [3.63, 3.8) is 0 Å². The number of aliphatic hydroxyl groups excluding tert-OH is 2. The molecule has 0 saturated carbocycles. The first-order valence-electron chi connectivity index (χ1n) is 5.45. The number of anilines is 1. The van der Waals surface area contributed by atoms with Crippen molar-refractivity contribution in [1.29, 1.82) is 0 Å². The SMILES string of the molecule is CCOC(=O)CC(O)C(O)c1c[nH]c(=O)c(N)c1. The Morgan fingerprint density at radius 2 is 2.22 bits per heavy atom. The van der Waals surface area contributed by atoms with E-state index in [0.29, 0.717) is 0 Å². The normalized spacial score (nSPS) is 13.9. The Balaban J connectivity index is 2.73. The number of hydrogen-bond donors (Lipinski definition) is 4. The zero-order valence-electron chi connectivity index (χ0n) is 9.92. The monoisotopic (exact) mass is 256 g/mol. The average molecular weight is 256 g/mol. The zero-order valence-corrected chi connectivity index (χ0v) is 9.92. The molecule has 5 N–H and O–H groups in total. The van der Waals surface area contributed by atoms with Crippen LogP contribution in [0.4, 0.5) is 5.69 Å². The Bertz CT molecular complexity index is 471. The van der Waals surface area contributed by atoms with Crippen LogP contribution < -0.4 is 11.3 Å². The fourth-order valence-corrected chi connectivity index (χ4v) is 1.41. The molecule has 18 heavy (non-hydrogen) atoms. The van der Waals surface area contributed by atoms with Crippen LogP contribution in [-0.2, 0) is 9.53 Å². The maximum absolute atomic E-state index is 11.1. The molecule has 7 heteroatoms. The van der Waals surface area contributed by atoms with Gasteiger partial charge in [-0.25, -0.2) is 0 Å². The van der Waals surface area contributed by atoms with E-state index in [1.165, 1.54) is 12.3 Å². The van der Waals surface area contributed by atoms with Crippen molar-refractivity contribution in [2.75, 3.05) is 12.3 Å². The highest BCUT2D eigenvalue weighted by Crippen LogP contribution is 2.19. The van der Waals surface area contributed by atoms with Gasteiger partial charge in [0.1, 0.15) is 6.10 Å². The first kappa shape index (κ1) is 14.2. The van der Waals surface area contributed by atoms with Gasteiger partial charge < -0.3 is 25.7 Å². The fourth-order valence-electron chi connectivity index (χ4n) is 1.41. The van der Waals surface area contributed by atoms with Gasteiger partial charge in [-0.05, 0) is 13.0 Å². The molecular weight excluding hydrogens is 240 g/mol. The molecule has 1 heterocycles. The van der Waals surface area contributed by atoms with E-state index in [4.69, 9.17) is 5.73 Å². The van der Waals surface area contributed by atoms with Gasteiger partial charge in [-0.2, -0.15) is 0 Å². The molecule has 100 valence electrons. The topological polar surface area (TPSA) is 126 Å². The number of H-pyrrole nitrogens is 1. The average Bonchev–Trinajstić information content (AvgIpc) is 2.32. The first-order chi connectivity index (χ1) is 8.45. The van der Waals surface area contributed by atoms with Crippen molar-refractivity contribution >= 4 is 11.7 Å². The van der Waals surface area contributed by atoms with Gasteiger partial charge in [-0.3, -0.25) is 9.59 Å². The van der Waals surface area contributed by atoms with Crippen LogP contribution in [0, 0.1) is 0 Å². The highest BCUT2D eigenvalue weighted by Gasteiger charge is 2.22. The van der Waals surface area contributed by atoms with Crippen LogP contribution in [0.15, 0.2) is 17.1 Å². The number of carbonyl (C=O) groups is 1. The van der Waals surface area contributed by atoms with Crippen molar-refractivity contribution in [1.82, 2.24) is 4.98 Å². The second-order valence-corrected chi connectivity index (χ2v) is 3.74. The lowest BCUT2D eigenvalue weighted by atomic mass is 10.0. The second kappa shape index (κ2) is 6.18. The number of carbonyl (C=O) groups excluding carboxylic acids is 1. The van der Waals surface area contributed by atoms with Crippen LogP contribution in [0.3, 0.4) is 0 Å². The minimum Gasteiger partial charge on any atom is -0.466 e. The molecule has 0 aliphatic heterocycles.